The first-order chi connectivity index (χ1) is 7.99. The first-order valence-corrected chi connectivity index (χ1v) is 4.44. The highest BCUT2D eigenvalue weighted by atomic mass is 19.3. The molecule has 1 aliphatic rings. The summed E-state index contributed by atoms with van der Waals surface area (Å²) >= 11 is 0. The molecule has 0 spiro atoms. The van der Waals surface area contributed by atoms with E-state index < -0.39 is 49.3 Å². The van der Waals surface area contributed by atoms with Gasteiger partial charge in [-0.1, -0.05) is 0 Å². The van der Waals surface area contributed by atoms with Gasteiger partial charge in [0.25, 0.3) is 0 Å². The van der Waals surface area contributed by atoms with Crippen LogP contribution in [0.4, 0.5) is 26.3 Å². The van der Waals surface area contributed by atoms with Crippen LogP contribution in [0.25, 0.3) is 0 Å². The van der Waals surface area contributed by atoms with Crippen molar-refractivity contribution in [1.82, 2.24) is 0 Å². The Labute approximate surface area is 95.8 Å². The molecule has 0 N–H and O–H groups in total. The van der Waals surface area contributed by atoms with Crippen LogP contribution in [0.1, 0.15) is 6.42 Å². The molecule has 1 rings (SSSR count). The van der Waals surface area contributed by atoms with Gasteiger partial charge >= 0.3 is 29.7 Å². The van der Waals surface area contributed by atoms with Crippen molar-refractivity contribution in [3.63, 3.8) is 0 Å². The average molecular weight is 280 g/mol. The van der Waals surface area contributed by atoms with Gasteiger partial charge in [0.1, 0.15) is 6.42 Å². The Hall–Kier alpha value is -1.48. The van der Waals surface area contributed by atoms with Gasteiger partial charge in [0, 0.05) is 0 Å². The number of carbonyl (C=O) groups excluding carboxylic acids is 2. The third kappa shape index (κ3) is 2.51. The maximum absolute atomic E-state index is 12.9. The van der Waals surface area contributed by atoms with Crippen LogP contribution in [0.15, 0.2) is 0 Å². The molecule has 1 heterocycles. The van der Waals surface area contributed by atoms with Gasteiger partial charge in [0.05, 0.1) is 0 Å². The van der Waals surface area contributed by atoms with Crippen molar-refractivity contribution in [1.29, 1.82) is 0 Å². The number of halogens is 6. The highest BCUT2D eigenvalue weighted by molar-refractivity contribution is 5.91. The van der Waals surface area contributed by atoms with E-state index in [9.17, 15) is 35.9 Å². The normalized spacial score (nSPS) is 27.0. The average Bonchev–Trinajstić information content (AvgIpc) is 2.22. The summed E-state index contributed by atoms with van der Waals surface area (Å²) in [5.41, 5.74) is 0. The second kappa shape index (κ2) is 4.32. The lowest BCUT2D eigenvalue weighted by molar-refractivity contribution is -0.326. The number of rotatable bonds is 0. The number of esters is 2. The van der Waals surface area contributed by atoms with Crippen LogP contribution < -0.4 is 0 Å². The van der Waals surface area contributed by atoms with E-state index in [0.717, 1.165) is 0 Å². The third-order valence-corrected chi connectivity index (χ3v) is 2.04. The molecule has 0 amide bonds. The quantitative estimate of drug-likeness (QED) is 0.382. The van der Waals surface area contributed by atoms with Crippen LogP contribution in [0.5, 0.6) is 0 Å². The molecule has 1 fully saturated rings. The molecule has 0 aromatic heterocycles. The summed E-state index contributed by atoms with van der Waals surface area (Å²) in [6, 6.07) is 0. The SMILES string of the molecule is O=C1CC(=O)OCC(F)(F)C(F)(F)C(F)(F)CO1. The number of ether oxygens (including phenoxy) is 2. The zero-order valence-corrected chi connectivity index (χ0v) is 8.52. The van der Waals surface area contributed by atoms with Crippen molar-refractivity contribution >= 4 is 11.9 Å². The number of alkyl halides is 6. The minimum absolute atomic E-state index is 1.21. The van der Waals surface area contributed by atoms with Gasteiger partial charge in [0.2, 0.25) is 0 Å². The second-order valence-electron chi connectivity index (χ2n) is 3.48. The highest BCUT2D eigenvalue weighted by Crippen LogP contribution is 2.46. The number of cyclic esters (lactones) is 2. The summed E-state index contributed by atoms with van der Waals surface area (Å²) in [6.07, 6.45) is -1.21. The predicted octanol–water partition coefficient (Wildman–Crippen LogP) is 1.38. The number of hydrogen-bond donors (Lipinski definition) is 0. The lowest BCUT2D eigenvalue weighted by atomic mass is 10.1. The molecule has 104 valence electrons. The van der Waals surface area contributed by atoms with E-state index >= 15 is 0 Å². The summed E-state index contributed by atoms with van der Waals surface area (Å²) in [7, 11) is 0. The van der Waals surface area contributed by atoms with Gasteiger partial charge in [-0.25, -0.2) is 0 Å². The summed E-state index contributed by atoms with van der Waals surface area (Å²) in [6.45, 7) is -4.50. The molecule has 0 aromatic carbocycles. The lowest BCUT2D eigenvalue weighted by Crippen LogP contribution is -2.58. The van der Waals surface area contributed by atoms with Crippen molar-refractivity contribution in [3.05, 3.63) is 0 Å². The number of carbonyl (C=O) groups is 2. The van der Waals surface area contributed by atoms with Crippen molar-refractivity contribution in [2.45, 2.75) is 24.2 Å². The molecule has 0 saturated carbocycles. The molecule has 0 unspecified atom stereocenters. The standard InChI is InChI=1S/C8H6F6O4/c9-6(10)2-17-4(15)1-5(16)18-3-7(11,12)8(6,13)14/h1-3H2. The Morgan fingerprint density at radius 2 is 1.11 bits per heavy atom. The predicted molar refractivity (Wildman–Crippen MR) is 41.4 cm³/mol. The van der Waals surface area contributed by atoms with Crippen LogP contribution in [0.2, 0.25) is 0 Å². The third-order valence-electron chi connectivity index (χ3n) is 2.04. The largest absolute Gasteiger partial charge is 0.459 e. The van der Waals surface area contributed by atoms with Gasteiger partial charge < -0.3 is 9.47 Å². The van der Waals surface area contributed by atoms with Crippen LogP contribution in [-0.2, 0) is 19.1 Å². The Kier molecular flexibility index (Phi) is 3.50. The molecule has 0 radical (unpaired) electrons. The van der Waals surface area contributed by atoms with Crippen LogP contribution in [-0.4, -0.2) is 42.9 Å². The van der Waals surface area contributed by atoms with Crippen LogP contribution in [0.3, 0.4) is 0 Å². The lowest BCUT2D eigenvalue weighted by Gasteiger charge is -2.32. The maximum Gasteiger partial charge on any atom is 0.378 e. The monoisotopic (exact) mass is 280 g/mol. The Bertz CT molecular complexity index is 335. The van der Waals surface area contributed by atoms with E-state index in [4.69, 9.17) is 0 Å². The van der Waals surface area contributed by atoms with Gasteiger partial charge in [-0.3, -0.25) is 9.59 Å². The number of hydrogen-bond acceptors (Lipinski definition) is 4. The van der Waals surface area contributed by atoms with E-state index in [1.807, 2.05) is 0 Å². The topological polar surface area (TPSA) is 52.6 Å². The van der Waals surface area contributed by atoms with Gasteiger partial charge in [-0.2, -0.15) is 26.3 Å². The highest BCUT2D eigenvalue weighted by Gasteiger charge is 2.72. The molecule has 0 atom stereocenters. The fourth-order valence-corrected chi connectivity index (χ4v) is 1.01. The molecule has 1 aliphatic heterocycles. The van der Waals surface area contributed by atoms with Gasteiger partial charge in [-0.15, -0.1) is 0 Å². The fourth-order valence-electron chi connectivity index (χ4n) is 1.01. The summed E-state index contributed by atoms with van der Waals surface area (Å²) in [5.74, 6) is -19.5. The molecule has 18 heavy (non-hydrogen) atoms. The minimum atomic E-state index is -5.82. The van der Waals surface area contributed by atoms with E-state index in [1.54, 1.807) is 0 Å². The minimum Gasteiger partial charge on any atom is -0.459 e. The van der Waals surface area contributed by atoms with E-state index in [1.165, 1.54) is 0 Å². The van der Waals surface area contributed by atoms with Crippen molar-refractivity contribution < 1.29 is 45.4 Å². The molecular formula is C8H6F6O4. The molecule has 4 nitrogen and oxygen atoms in total. The van der Waals surface area contributed by atoms with Crippen molar-refractivity contribution in [2.75, 3.05) is 13.2 Å². The van der Waals surface area contributed by atoms with Crippen molar-refractivity contribution in [3.8, 4) is 0 Å². The van der Waals surface area contributed by atoms with E-state index in [0.29, 0.717) is 0 Å². The second-order valence-corrected chi connectivity index (χ2v) is 3.48. The van der Waals surface area contributed by atoms with Crippen molar-refractivity contribution in [2.24, 2.45) is 0 Å². The van der Waals surface area contributed by atoms with E-state index in [2.05, 4.69) is 9.47 Å². The molecule has 0 aromatic rings. The van der Waals surface area contributed by atoms with Crippen LogP contribution >= 0.6 is 0 Å². The molecule has 0 aliphatic carbocycles. The first-order valence-electron chi connectivity index (χ1n) is 4.44. The maximum atomic E-state index is 12.9. The molecule has 10 heteroatoms. The Balaban J connectivity index is 3.06. The van der Waals surface area contributed by atoms with Gasteiger partial charge in [-0.05, 0) is 0 Å². The Morgan fingerprint density at radius 1 is 0.778 bits per heavy atom. The smallest absolute Gasteiger partial charge is 0.378 e. The van der Waals surface area contributed by atoms with Crippen LogP contribution in [0, 0.1) is 0 Å². The molecule has 1 saturated heterocycles. The molecular weight excluding hydrogens is 274 g/mol. The first kappa shape index (κ1) is 14.6. The zero-order valence-electron chi connectivity index (χ0n) is 8.52. The molecule has 0 bridgehead atoms. The summed E-state index contributed by atoms with van der Waals surface area (Å²) < 4.78 is 84.4. The zero-order chi connectivity index (χ0) is 14.2. The summed E-state index contributed by atoms with van der Waals surface area (Å²) in [4.78, 5) is 21.4. The van der Waals surface area contributed by atoms with Gasteiger partial charge in [0.15, 0.2) is 13.2 Å². The fraction of sp³-hybridized carbons (Fsp3) is 0.750. The summed E-state index contributed by atoms with van der Waals surface area (Å²) in [5, 5.41) is 0. The Morgan fingerprint density at radius 3 is 1.44 bits per heavy atom. The van der Waals surface area contributed by atoms with E-state index in [-0.39, 0.29) is 0 Å².